The smallest absolute Gasteiger partial charge is 0.269 e. The van der Waals surface area contributed by atoms with Gasteiger partial charge in [0.25, 0.3) is 5.69 Å². The van der Waals surface area contributed by atoms with Crippen molar-refractivity contribution in [2.24, 2.45) is 5.73 Å². The van der Waals surface area contributed by atoms with Gasteiger partial charge < -0.3 is 11.1 Å². The molecule has 0 saturated carbocycles. The van der Waals surface area contributed by atoms with Gasteiger partial charge in [0.15, 0.2) is 0 Å². The molecule has 0 fully saturated rings. The highest BCUT2D eigenvalue weighted by atomic mass is 16.6. The van der Waals surface area contributed by atoms with Gasteiger partial charge >= 0.3 is 0 Å². The van der Waals surface area contributed by atoms with E-state index in [0.717, 1.165) is 24.2 Å². The highest BCUT2D eigenvalue weighted by molar-refractivity contribution is 5.58. The molecule has 5 heteroatoms. The molecule has 0 amide bonds. The normalized spacial score (nSPS) is 19.6. The fourth-order valence-electron chi connectivity index (χ4n) is 1.65. The average Bonchev–Trinajstić information content (AvgIpc) is 2.18. The molecule has 1 heterocycles. The van der Waals surface area contributed by atoms with Crippen LogP contribution in [0.15, 0.2) is 18.2 Å². The highest BCUT2D eigenvalue weighted by Gasteiger charge is 2.19. The Morgan fingerprint density at radius 2 is 2.36 bits per heavy atom. The summed E-state index contributed by atoms with van der Waals surface area (Å²) in [5.41, 5.74) is 7.70. The topological polar surface area (TPSA) is 81.2 Å². The lowest BCUT2D eigenvalue weighted by molar-refractivity contribution is -0.384. The van der Waals surface area contributed by atoms with Crippen LogP contribution in [0, 0.1) is 10.1 Å². The Morgan fingerprint density at radius 3 is 3.07 bits per heavy atom. The standard InChI is InChI=1S/C9H11N3O2/c10-8-3-4-11-9-2-1-6(12(13)14)5-7(8)9/h1-2,5,8,11H,3-4,10H2/t8-/m1/s1. The first-order chi connectivity index (χ1) is 6.68. The van der Waals surface area contributed by atoms with E-state index in [2.05, 4.69) is 5.32 Å². The monoisotopic (exact) mass is 193 g/mol. The van der Waals surface area contributed by atoms with Crippen molar-refractivity contribution in [3.05, 3.63) is 33.9 Å². The number of fused-ring (bicyclic) bond motifs is 1. The predicted octanol–water partition coefficient (Wildman–Crippen LogP) is 1.41. The molecule has 0 bridgehead atoms. The second kappa shape index (κ2) is 3.26. The number of hydrogen-bond acceptors (Lipinski definition) is 4. The Hall–Kier alpha value is -1.62. The zero-order valence-corrected chi connectivity index (χ0v) is 7.56. The van der Waals surface area contributed by atoms with E-state index in [4.69, 9.17) is 5.73 Å². The minimum atomic E-state index is -0.401. The summed E-state index contributed by atoms with van der Waals surface area (Å²) in [5, 5.41) is 13.7. The van der Waals surface area contributed by atoms with Crippen LogP contribution in [0.3, 0.4) is 0 Å². The van der Waals surface area contributed by atoms with Crippen molar-refractivity contribution in [2.75, 3.05) is 11.9 Å². The lowest BCUT2D eigenvalue weighted by atomic mass is 9.98. The van der Waals surface area contributed by atoms with Crippen molar-refractivity contribution in [1.29, 1.82) is 0 Å². The Balaban J connectivity index is 2.45. The minimum absolute atomic E-state index is 0.0915. The summed E-state index contributed by atoms with van der Waals surface area (Å²) in [7, 11) is 0. The number of non-ortho nitro benzene ring substituents is 1. The fraction of sp³-hybridized carbons (Fsp3) is 0.333. The van der Waals surface area contributed by atoms with Crippen molar-refractivity contribution in [3.8, 4) is 0 Å². The van der Waals surface area contributed by atoms with Crippen molar-refractivity contribution in [1.82, 2.24) is 0 Å². The van der Waals surface area contributed by atoms with Crippen LogP contribution in [0.1, 0.15) is 18.0 Å². The van der Waals surface area contributed by atoms with E-state index in [1.165, 1.54) is 6.07 Å². The molecule has 0 aliphatic carbocycles. The molecule has 1 aliphatic rings. The van der Waals surface area contributed by atoms with Crippen LogP contribution in [-0.2, 0) is 0 Å². The molecule has 5 nitrogen and oxygen atoms in total. The van der Waals surface area contributed by atoms with Crippen LogP contribution in [0.5, 0.6) is 0 Å². The summed E-state index contributed by atoms with van der Waals surface area (Å²) in [6.45, 7) is 0.825. The summed E-state index contributed by atoms with van der Waals surface area (Å²) < 4.78 is 0. The van der Waals surface area contributed by atoms with Gasteiger partial charge in [-0.25, -0.2) is 0 Å². The van der Waals surface area contributed by atoms with Crippen LogP contribution in [0.25, 0.3) is 0 Å². The largest absolute Gasteiger partial charge is 0.385 e. The average molecular weight is 193 g/mol. The molecule has 2 rings (SSSR count). The van der Waals surface area contributed by atoms with Crippen LogP contribution in [0.4, 0.5) is 11.4 Å². The first-order valence-corrected chi connectivity index (χ1v) is 4.46. The molecule has 0 spiro atoms. The molecule has 1 aliphatic heterocycles. The number of nitrogens with one attached hydrogen (secondary N) is 1. The van der Waals surface area contributed by atoms with Gasteiger partial charge in [0.2, 0.25) is 0 Å². The number of benzene rings is 1. The molecular formula is C9H11N3O2. The Kier molecular flexibility index (Phi) is 2.09. The van der Waals surface area contributed by atoms with Gasteiger partial charge in [-0.05, 0) is 18.1 Å². The number of hydrogen-bond donors (Lipinski definition) is 2. The molecule has 1 aromatic carbocycles. The van der Waals surface area contributed by atoms with Gasteiger partial charge in [-0.15, -0.1) is 0 Å². The van der Waals surface area contributed by atoms with Gasteiger partial charge in [0.1, 0.15) is 0 Å². The van der Waals surface area contributed by atoms with E-state index >= 15 is 0 Å². The van der Waals surface area contributed by atoms with Crippen molar-refractivity contribution < 1.29 is 4.92 Å². The second-order valence-electron chi connectivity index (χ2n) is 3.35. The van der Waals surface area contributed by atoms with Crippen molar-refractivity contribution in [2.45, 2.75) is 12.5 Å². The van der Waals surface area contributed by atoms with Gasteiger partial charge in [0.05, 0.1) is 4.92 Å². The van der Waals surface area contributed by atoms with Crippen LogP contribution >= 0.6 is 0 Å². The third-order valence-corrected chi connectivity index (χ3v) is 2.42. The quantitative estimate of drug-likeness (QED) is 0.522. The van der Waals surface area contributed by atoms with Crippen LogP contribution < -0.4 is 11.1 Å². The fourth-order valence-corrected chi connectivity index (χ4v) is 1.65. The first-order valence-electron chi connectivity index (χ1n) is 4.46. The SMILES string of the molecule is N[C@@H]1CCNc2ccc([N+](=O)[O-])cc21. The zero-order chi connectivity index (χ0) is 10.1. The maximum atomic E-state index is 10.5. The summed E-state index contributed by atoms with van der Waals surface area (Å²) in [6, 6.07) is 4.66. The number of anilines is 1. The van der Waals surface area contributed by atoms with Crippen LogP contribution in [0.2, 0.25) is 0 Å². The molecule has 1 atom stereocenters. The maximum absolute atomic E-state index is 10.5. The zero-order valence-electron chi connectivity index (χ0n) is 7.56. The molecule has 1 aromatic rings. The summed E-state index contributed by atoms with van der Waals surface area (Å²) in [6.07, 6.45) is 0.814. The Morgan fingerprint density at radius 1 is 1.57 bits per heavy atom. The lowest BCUT2D eigenvalue weighted by Crippen LogP contribution is -2.22. The third kappa shape index (κ3) is 1.42. The molecule has 0 unspecified atom stereocenters. The van der Waals surface area contributed by atoms with E-state index in [9.17, 15) is 10.1 Å². The van der Waals surface area contributed by atoms with E-state index in [0.29, 0.717) is 0 Å². The van der Waals surface area contributed by atoms with Gasteiger partial charge in [-0.1, -0.05) is 0 Å². The Labute approximate surface area is 81.1 Å². The first kappa shape index (κ1) is 8.96. The summed E-state index contributed by atoms with van der Waals surface area (Å²) in [5.74, 6) is 0. The number of nitrogens with two attached hydrogens (primary N) is 1. The van der Waals surface area contributed by atoms with E-state index < -0.39 is 4.92 Å². The van der Waals surface area contributed by atoms with E-state index in [1.54, 1.807) is 12.1 Å². The van der Waals surface area contributed by atoms with E-state index in [-0.39, 0.29) is 11.7 Å². The number of nitro benzene ring substituents is 1. The molecular weight excluding hydrogens is 182 g/mol. The second-order valence-corrected chi connectivity index (χ2v) is 3.35. The molecule has 3 N–H and O–H groups in total. The molecule has 74 valence electrons. The number of nitro groups is 1. The molecule has 14 heavy (non-hydrogen) atoms. The van der Waals surface area contributed by atoms with Crippen LogP contribution in [-0.4, -0.2) is 11.5 Å². The molecule has 0 aromatic heterocycles. The Bertz CT molecular complexity index is 378. The molecule has 0 radical (unpaired) electrons. The van der Waals surface area contributed by atoms with Gasteiger partial charge in [0, 0.05) is 30.4 Å². The predicted molar refractivity (Wildman–Crippen MR) is 53.1 cm³/mol. The van der Waals surface area contributed by atoms with Gasteiger partial charge in [-0.3, -0.25) is 10.1 Å². The lowest BCUT2D eigenvalue weighted by Gasteiger charge is -2.23. The minimum Gasteiger partial charge on any atom is -0.385 e. The maximum Gasteiger partial charge on any atom is 0.269 e. The summed E-state index contributed by atoms with van der Waals surface area (Å²) in [4.78, 5) is 10.1. The van der Waals surface area contributed by atoms with E-state index in [1.807, 2.05) is 0 Å². The highest BCUT2D eigenvalue weighted by Crippen LogP contribution is 2.30. The number of nitrogens with zero attached hydrogens (tertiary/aromatic N) is 1. The summed E-state index contributed by atoms with van der Waals surface area (Å²) >= 11 is 0. The van der Waals surface area contributed by atoms with Gasteiger partial charge in [-0.2, -0.15) is 0 Å². The van der Waals surface area contributed by atoms with Crippen molar-refractivity contribution in [3.63, 3.8) is 0 Å². The van der Waals surface area contributed by atoms with Crippen molar-refractivity contribution >= 4 is 11.4 Å². The third-order valence-electron chi connectivity index (χ3n) is 2.42. The number of rotatable bonds is 1. The molecule has 0 saturated heterocycles.